The molecule has 2 rings (SSSR count). The zero-order valence-electron chi connectivity index (χ0n) is 9.49. The van der Waals surface area contributed by atoms with Gasteiger partial charge in [0.1, 0.15) is 5.01 Å². The second kappa shape index (κ2) is 5.41. The lowest BCUT2D eigenvalue weighted by Gasteiger charge is -1.97. The number of nitrogens with one attached hydrogen (secondary N) is 1. The monoisotopic (exact) mass is 253 g/mol. The lowest BCUT2D eigenvalue weighted by atomic mass is 10.3. The molecule has 16 heavy (non-hydrogen) atoms. The topological polar surface area (TPSA) is 37.8 Å². The summed E-state index contributed by atoms with van der Waals surface area (Å²) >= 11 is 3.43. The van der Waals surface area contributed by atoms with Gasteiger partial charge in [0.15, 0.2) is 5.13 Å². The van der Waals surface area contributed by atoms with Gasteiger partial charge in [0.2, 0.25) is 0 Å². The zero-order chi connectivity index (χ0) is 11.4. The van der Waals surface area contributed by atoms with Crippen LogP contribution in [0.4, 0.5) is 5.13 Å². The van der Waals surface area contributed by atoms with Crippen molar-refractivity contribution in [3.63, 3.8) is 0 Å². The molecule has 0 atom stereocenters. The van der Waals surface area contributed by atoms with Crippen molar-refractivity contribution in [3.8, 4) is 0 Å². The standard InChI is InChI=1S/C11H15N3S2/c1-3-4-9-5-12-11(16-9)13-6-10-14-8(2)7-15-10/h5,7H,3-4,6H2,1-2H3,(H,12,13). The maximum absolute atomic E-state index is 4.40. The number of aryl methyl sites for hydroxylation is 2. The Morgan fingerprint density at radius 2 is 2.31 bits per heavy atom. The number of thiazole rings is 2. The molecular formula is C11H15N3S2. The van der Waals surface area contributed by atoms with Crippen LogP contribution < -0.4 is 5.32 Å². The minimum absolute atomic E-state index is 0.775. The smallest absolute Gasteiger partial charge is 0.183 e. The molecule has 0 spiro atoms. The maximum Gasteiger partial charge on any atom is 0.183 e. The average Bonchev–Trinajstić information content (AvgIpc) is 2.85. The Morgan fingerprint density at radius 1 is 1.44 bits per heavy atom. The van der Waals surface area contributed by atoms with E-state index in [-0.39, 0.29) is 0 Å². The maximum atomic E-state index is 4.40. The first-order valence-corrected chi connectivity index (χ1v) is 7.07. The third kappa shape index (κ3) is 3.02. The van der Waals surface area contributed by atoms with Gasteiger partial charge in [-0.15, -0.1) is 22.7 Å². The second-order valence-corrected chi connectivity index (χ2v) is 5.68. The van der Waals surface area contributed by atoms with Crippen LogP contribution in [-0.2, 0) is 13.0 Å². The summed E-state index contributed by atoms with van der Waals surface area (Å²) < 4.78 is 0. The third-order valence-electron chi connectivity index (χ3n) is 2.11. The molecule has 0 aliphatic rings. The summed E-state index contributed by atoms with van der Waals surface area (Å²) in [5, 5.41) is 7.49. The fraction of sp³-hybridized carbons (Fsp3) is 0.455. The number of aromatic nitrogens is 2. The fourth-order valence-corrected chi connectivity index (χ4v) is 3.01. The van der Waals surface area contributed by atoms with E-state index in [9.17, 15) is 0 Å². The highest BCUT2D eigenvalue weighted by Crippen LogP contribution is 2.20. The molecule has 2 heterocycles. The molecule has 0 fully saturated rings. The van der Waals surface area contributed by atoms with Crippen LogP contribution in [0, 0.1) is 6.92 Å². The average molecular weight is 253 g/mol. The minimum atomic E-state index is 0.775. The van der Waals surface area contributed by atoms with Crippen molar-refractivity contribution in [2.75, 3.05) is 5.32 Å². The Hall–Kier alpha value is -0.940. The summed E-state index contributed by atoms with van der Waals surface area (Å²) in [7, 11) is 0. The first-order chi connectivity index (χ1) is 7.78. The number of nitrogens with zero attached hydrogens (tertiary/aromatic N) is 2. The lowest BCUT2D eigenvalue weighted by molar-refractivity contribution is 0.936. The van der Waals surface area contributed by atoms with E-state index in [1.54, 1.807) is 22.7 Å². The molecular weight excluding hydrogens is 238 g/mol. The molecule has 0 aliphatic carbocycles. The Bertz CT molecular complexity index is 448. The van der Waals surface area contributed by atoms with Gasteiger partial charge in [-0.3, -0.25) is 0 Å². The minimum Gasteiger partial charge on any atom is -0.355 e. The lowest BCUT2D eigenvalue weighted by Crippen LogP contribution is -1.97. The van der Waals surface area contributed by atoms with Crippen LogP contribution in [0.3, 0.4) is 0 Å². The summed E-state index contributed by atoms with van der Waals surface area (Å²) in [6.45, 7) is 4.98. The predicted octanol–water partition coefficient (Wildman–Crippen LogP) is 3.47. The van der Waals surface area contributed by atoms with Gasteiger partial charge in [0, 0.05) is 22.1 Å². The van der Waals surface area contributed by atoms with Crippen LogP contribution in [0.25, 0.3) is 0 Å². The van der Waals surface area contributed by atoms with Crippen molar-refractivity contribution in [1.82, 2.24) is 9.97 Å². The Labute approximate surface area is 104 Å². The van der Waals surface area contributed by atoms with Crippen molar-refractivity contribution in [2.24, 2.45) is 0 Å². The van der Waals surface area contributed by atoms with E-state index in [1.165, 1.54) is 11.3 Å². The van der Waals surface area contributed by atoms with Crippen LogP contribution in [0.2, 0.25) is 0 Å². The first-order valence-electron chi connectivity index (χ1n) is 5.37. The quantitative estimate of drug-likeness (QED) is 0.886. The van der Waals surface area contributed by atoms with E-state index in [1.807, 2.05) is 13.1 Å². The van der Waals surface area contributed by atoms with Crippen molar-refractivity contribution in [2.45, 2.75) is 33.2 Å². The van der Waals surface area contributed by atoms with Gasteiger partial charge in [-0.1, -0.05) is 13.3 Å². The van der Waals surface area contributed by atoms with E-state index < -0.39 is 0 Å². The van der Waals surface area contributed by atoms with E-state index in [0.717, 1.165) is 28.8 Å². The molecule has 0 bridgehead atoms. The van der Waals surface area contributed by atoms with Gasteiger partial charge < -0.3 is 5.32 Å². The molecule has 1 N–H and O–H groups in total. The van der Waals surface area contributed by atoms with E-state index in [4.69, 9.17) is 0 Å². The molecule has 0 unspecified atom stereocenters. The van der Waals surface area contributed by atoms with Gasteiger partial charge in [-0.05, 0) is 13.3 Å². The van der Waals surface area contributed by atoms with Crippen LogP contribution in [0.15, 0.2) is 11.6 Å². The van der Waals surface area contributed by atoms with Crippen molar-refractivity contribution < 1.29 is 0 Å². The van der Waals surface area contributed by atoms with Crippen molar-refractivity contribution in [1.29, 1.82) is 0 Å². The van der Waals surface area contributed by atoms with E-state index in [0.29, 0.717) is 0 Å². The summed E-state index contributed by atoms with van der Waals surface area (Å²) in [4.78, 5) is 10.1. The Balaban J connectivity index is 1.89. The third-order valence-corrected chi connectivity index (χ3v) is 4.09. The summed E-state index contributed by atoms with van der Waals surface area (Å²) in [5.41, 5.74) is 1.09. The molecule has 2 aromatic rings. The van der Waals surface area contributed by atoms with Crippen molar-refractivity contribution in [3.05, 3.63) is 27.2 Å². The highest BCUT2D eigenvalue weighted by Gasteiger charge is 2.02. The number of hydrogen-bond acceptors (Lipinski definition) is 5. The van der Waals surface area contributed by atoms with Crippen LogP contribution >= 0.6 is 22.7 Å². The SMILES string of the molecule is CCCc1cnc(NCc2nc(C)cs2)s1. The normalized spacial score (nSPS) is 10.6. The van der Waals surface area contributed by atoms with Crippen molar-refractivity contribution >= 4 is 27.8 Å². The van der Waals surface area contributed by atoms with Gasteiger partial charge in [0.05, 0.1) is 6.54 Å². The van der Waals surface area contributed by atoms with Gasteiger partial charge in [-0.2, -0.15) is 0 Å². The molecule has 5 heteroatoms. The van der Waals surface area contributed by atoms with Gasteiger partial charge in [-0.25, -0.2) is 9.97 Å². The largest absolute Gasteiger partial charge is 0.355 e. The first kappa shape index (κ1) is 11.5. The molecule has 86 valence electrons. The molecule has 0 saturated carbocycles. The number of anilines is 1. The summed E-state index contributed by atoms with van der Waals surface area (Å²) in [5.74, 6) is 0. The van der Waals surface area contributed by atoms with Crippen LogP contribution in [0.1, 0.15) is 28.9 Å². The summed E-state index contributed by atoms with van der Waals surface area (Å²) in [6, 6.07) is 0. The van der Waals surface area contributed by atoms with E-state index >= 15 is 0 Å². The molecule has 3 nitrogen and oxygen atoms in total. The predicted molar refractivity (Wildman–Crippen MR) is 70.3 cm³/mol. The molecule has 0 aliphatic heterocycles. The molecule has 2 aromatic heterocycles. The highest BCUT2D eigenvalue weighted by atomic mass is 32.1. The number of rotatable bonds is 5. The zero-order valence-corrected chi connectivity index (χ0v) is 11.1. The van der Waals surface area contributed by atoms with Gasteiger partial charge >= 0.3 is 0 Å². The molecule has 0 aromatic carbocycles. The van der Waals surface area contributed by atoms with Gasteiger partial charge in [0.25, 0.3) is 0 Å². The number of hydrogen-bond donors (Lipinski definition) is 1. The van der Waals surface area contributed by atoms with Crippen LogP contribution in [0.5, 0.6) is 0 Å². The molecule has 0 radical (unpaired) electrons. The molecule has 0 amide bonds. The summed E-state index contributed by atoms with van der Waals surface area (Å²) in [6.07, 6.45) is 4.26. The fourth-order valence-electron chi connectivity index (χ4n) is 1.39. The Kier molecular flexibility index (Phi) is 3.90. The Morgan fingerprint density at radius 3 is 3.00 bits per heavy atom. The second-order valence-electron chi connectivity index (χ2n) is 3.62. The molecule has 0 saturated heterocycles. The highest BCUT2D eigenvalue weighted by molar-refractivity contribution is 7.15. The van der Waals surface area contributed by atoms with E-state index in [2.05, 4.69) is 27.6 Å². The van der Waals surface area contributed by atoms with Crippen LogP contribution in [-0.4, -0.2) is 9.97 Å².